The molecule has 0 saturated heterocycles. The van der Waals surface area contributed by atoms with E-state index in [1.54, 1.807) is 6.20 Å². The minimum atomic E-state index is 0.448. The summed E-state index contributed by atoms with van der Waals surface area (Å²) in [5, 5.41) is 16.0. The molecular weight excluding hydrogens is 274 g/mol. The summed E-state index contributed by atoms with van der Waals surface area (Å²) in [7, 11) is 0. The lowest BCUT2D eigenvalue weighted by Crippen LogP contribution is -2.17. The van der Waals surface area contributed by atoms with Crippen LogP contribution in [0.25, 0.3) is 5.57 Å². The lowest BCUT2D eigenvalue weighted by Gasteiger charge is -2.14. The summed E-state index contributed by atoms with van der Waals surface area (Å²) < 4.78 is 0. The highest BCUT2D eigenvalue weighted by Gasteiger charge is 2.17. The Labute approximate surface area is 130 Å². The van der Waals surface area contributed by atoms with E-state index in [4.69, 9.17) is 0 Å². The molecule has 2 N–H and O–H groups in total. The van der Waals surface area contributed by atoms with Gasteiger partial charge in [0, 0.05) is 17.9 Å². The first-order valence-corrected chi connectivity index (χ1v) is 7.63. The number of allylic oxidation sites excluding steroid dienone is 4. The molecule has 1 aliphatic carbocycles. The first kappa shape index (κ1) is 14.3. The molecule has 0 spiro atoms. The molecule has 1 fully saturated rings. The first-order chi connectivity index (χ1) is 10.8. The Balaban J connectivity index is 1.92. The van der Waals surface area contributed by atoms with Crippen LogP contribution in [0, 0.1) is 18.3 Å². The van der Waals surface area contributed by atoms with Crippen LogP contribution in [-0.4, -0.2) is 16.0 Å². The summed E-state index contributed by atoms with van der Waals surface area (Å²) in [5.41, 5.74) is 2.79. The van der Waals surface area contributed by atoms with Crippen molar-refractivity contribution in [2.75, 3.05) is 5.32 Å². The number of nitriles is 1. The largest absolute Gasteiger partial charge is 0.361 e. The minimum absolute atomic E-state index is 0.448. The van der Waals surface area contributed by atoms with Gasteiger partial charge in [0.2, 0.25) is 5.95 Å². The second kappa shape index (κ2) is 6.44. The van der Waals surface area contributed by atoms with Crippen molar-refractivity contribution in [2.45, 2.75) is 38.6 Å². The highest BCUT2D eigenvalue weighted by atomic mass is 15.1. The molecule has 0 aromatic carbocycles. The van der Waals surface area contributed by atoms with Gasteiger partial charge in [0.1, 0.15) is 11.6 Å². The number of nitrogens with zero attached hydrogens (tertiary/aromatic N) is 3. The van der Waals surface area contributed by atoms with Crippen molar-refractivity contribution in [2.24, 2.45) is 0 Å². The Morgan fingerprint density at radius 3 is 2.82 bits per heavy atom. The predicted molar refractivity (Wildman–Crippen MR) is 86.6 cm³/mol. The average molecular weight is 293 g/mol. The number of aryl methyl sites for hydroxylation is 1. The predicted octanol–water partition coefficient (Wildman–Crippen LogP) is 3.05. The number of dihydropyridines is 1. The molecule has 0 amide bonds. The van der Waals surface area contributed by atoms with E-state index in [9.17, 15) is 5.26 Å². The molecule has 5 heteroatoms. The van der Waals surface area contributed by atoms with Crippen molar-refractivity contribution in [3.8, 4) is 6.07 Å². The molecule has 5 nitrogen and oxygen atoms in total. The van der Waals surface area contributed by atoms with E-state index in [-0.39, 0.29) is 0 Å². The van der Waals surface area contributed by atoms with Crippen LogP contribution in [0.15, 0.2) is 36.2 Å². The molecule has 1 aliphatic heterocycles. The number of rotatable bonds is 3. The van der Waals surface area contributed by atoms with Gasteiger partial charge in [0.15, 0.2) is 0 Å². The second-order valence-electron chi connectivity index (χ2n) is 5.61. The summed E-state index contributed by atoms with van der Waals surface area (Å²) >= 11 is 0. The monoisotopic (exact) mass is 293 g/mol. The fourth-order valence-corrected chi connectivity index (χ4v) is 2.82. The maximum absolute atomic E-state index is 9.51. The van der Waals surface area contributed by atoms with Gasteiger partial charge in [0.25, 0.3) is 0 Å². The van der Waals surface area contributed by atoms with E-state index >= 15 is 0 Å². The van der Waals surface area contributed by atoms with Crippen LogP contribution in [0.3, 0.4) is 0 Å². The lowest BCUT2D eigenvalue weighted by atomic mass is 10.1. The maximum Gasteiger partial charge on any atom is 0.223 e. The molecule has 0 unspecified atom stereocenters. The topological polar surface area (TPSA) is 73.6 Å². The Morgan fingerprint density at radius 2 is 2.14 bits per heavy atom. The zero-order valence-corrected chi connectivity index (χ0v) is 12.6. The Kier molecular flexibility index (Phi) is 4.19. The third-order valence-electron chi connectivity index (χ3n) is 3.89. The van der Waals surface area contributed by atoms with Gasteiger partial charge in [-0.15, -0.1) is 0 Å². The van der Waals surface area contributed by atoms with Gasteiger partial charge >= 0.3 is 0 Å². The number of nitrogens with one attached hydrogen (secondary N) is 2. The second-order valence-corrected chi connectivity index (χ2v) is 5.61. The van der Waals surface area contributed by atoms with Gasteiger partial charge in [-0.2, -0.15) is 5.26 Å². The van der Waals surface area contributed by atoms with E-state index in [0.717, 1.165) is 24.2 Å². The molecule has 2 heterocycles. The van der Waals surface area contributed by atoms with Gasteiger partial charge in [-0.05, 0) is 38.0 Å². The molecule has 3 rings (SSSR count). The molecule has 22 heavy (non-hydrogen) atoms. The van der Waals surface area contributed by atoms with Gasteiger partial charge in [-0.25, -0.2) is 9.97 Å². The fourth-order valence-electron chi connectivity index (χ4n) is 2.82. The standard InChI is InChI=1S/C17H19N5/c1-12-10-16(14(11-18)15-8-4-5-9-19-15)22-17(20-12)21-13-6-2-3-7-13/h4-5,8-10,13,19H,2-3,6-7H2,1H3,(H,20,21,22)/b15-14-. The van der Waals surface area contributed by atoms with Crippen LogP contribution in [0.2, 0.25) is 0 Å². The third-order valence-corrected chi connectivity index (χ3v) is 3.89. The van der Waals surface area contributed by atoms with Crippen LogP contribution >= 0.6 is 0 Å². The normalized spacial score (nSPS) is 19.6. The van der Waals surface area contributed by atoms with E-state index in [2.05, 4.69) is 26.7 Å². The summed E-state index contributed by atoms with van der Waals surface area (Å²) in [6.07, 6.45) is 12.3. The van der Waals surface area contributed by atoms with Gasteiger partial charge in [-0.1, -0.05) is 18.9 Å². The van der Waals surface area contributed by atoms with Crippen LogP contribution in [-0.2, 0) is 0 Å². The highest BCUT2D eigenvalue weighted by Crippen LogP contribution is 2.23. The molecule has 0 bridgehead atoms. The van der Waals surface area contributed by atoms with Crippen LogP contribution in [0.1, 0.15) is 37.1 Å². The molecule has 1 saturated carbocycles. The van der Waals surface area contributed by atoms with Crippen LogP contribution in [0.4, 0.5) is 5.95 Å². The minimum Gasteiger partial charge on any atom is -0.361 e. The summed E-state index contributed by atoms with van der Waals surface area (Å²) in [6.45, 7) is 1.93. The zero-order chi connectivity index (χ0) is 15.4. The van der Waals surface area contributed by atoms with Crippen molar-refractivity contribution in [3.63, 3.8) is 0 Å². The van der Waals surface area contributed by atoms with Crippen molar-refractivity contribution < 1.29 is 0 Å². The molecule has 2 aliphatic rings. The molecular formula is C17H19N5. The number of aromatic nitrogens is 2. The molecule has 1 aromatic heterocycles. The Bertz CT molecular complexity index is 687. The summed E-state index contributed by atoms with van der Waals surface area (Å²) in [6, 6.07) is 4.54. The van der Waals surface area contributed by atoms with Gasteiger partial charge in [-0.3, -0.25) is 0 Å². The highest BCUT2D eigenvalue weighted by molar-refractivity contribution is 5.79. The fraction of sp³-hybridized carbons (Fsp3) is 0.353. The average Bonchev–Trinajstić information content (AvgIpc) is 3.01. The molecule has 1 aromatic rings. The zero-order valence-electron chi connectivity index (χ0n) is 12.6. The van der Waals surface area contributed by atoms with Crippen LogP contribution in [0.5, 0.6) is 0 Å². The van der Waals surface area contributed by atoms with E-state index in [1.165, 1.54) is 12.8 Å². The van der Waals surface area contributed by atoms with Gasteiger partial charge in [0.05, 0.1) is 11.4 Å². The Hall–Kier alpha value is -2.61. The quantitative estimate of drug-likeness (QED) is 0.838. The van der Waals surface area contributed by atoms with E-state index < -0.39 is 0 Å². The van der Waals surface area contributed by atoms with Gasteiger partial charge < -0.3 is 10.6 Å². The van der Waals surface area contributed by atoms with Crippen molar-refractivity contribution in [3.05, 3.63) is 47.6 Å². The lowest BCUT2D eigenvalue weighted by molar-refractivity contribution is 0.742. The van der Waals surface area contributed by atoms with Crippen molar-refractivity contribution in [1.29, 1.82) is 5.26 Å². The Morgan fingerprint density at radius 1 is 1.32 bits per heavy atom. The maximum atomic E-state index is 9.51. The number of anilines is 1. The first-order valence-electron chi connectivity index (χ1n) is 7.63. The molecule has 0 atom stereocenters. The van der Waals surface area contributed by atoms with E-state index in [1.807, 2.05) is 31.2 Å². The molecule has 112 valence electrons. The number of hydrogen-bond acceptors (Lipinski definition) is 5. The third kappa shape index (κ3) is 3.17. The summed E-state index contributed by atoms with van der Waals surface area (Å²) in [4.78, 5) is 9.00. The molecule has 0 radical (unpaired) electrons. The van der Waals surface area contributed by atoms with Crippen molar-refractivity contribution >= 4 is 11.5 Å². The van der Waals surface area contributed by atoms with Crippen molar-refractivity contribution in [1.82, 2.24) is 15.3 Å². The SMILES string of the molecule is Cc1cc(/C(C#N)=C2/C=CC=CN2)nc(NC2CCCC2)n1. The summed E-state index contributed by atoms with van der Waals surface area (Å²) in [5.74, 6) is 0.616. The smallest absolute Gasteiger partial charge is 0.223 e. The number of hydrogen-bond donors (Lipinski definition) is 2. The van der Waals surface area contributed by atoms with E-state index in [0.29, 0.717) is 23.3 Å². The van der Waals surface area contributed by atoms with Crippen LogP contribution < -0.4 is 10.6 Å².